The Balaban J connectivity index is 1.81. The summed E-state index contributed by atoms with van der Waals surface area (Å²) in [5, 5.41) is 0. The predicted octanol–water partition coefficient (Wildman–Crippen LogP) is 3.89. The first-order valence-electron chi connectivity index (χ1n) is 8.96. The molecule has 22 heavy (non-hydrogen) atoms. The van der Waals surface area contributed by atoms with Crippen molar-refractivity contribution in [2.75, 3.05) is 44.4 Å². The van der Waals surface area contributed by atoms with Crippen LogP contribution in [0.1, 0.15) is 45.4 Å². The molecule has 1 aromatic carbocycles. The molecule has 0 saturated carbocycles. The molecule has 1 heterocycles. The largest absolute Gasteiger partial charge is 0.399 e. The van der Waals surface area contributed by atoms with Crippen LogP contribution in [0.25, 0.3) is 0 Å². The summed E-state index contributed by atoms with van der Waals surface area (Å²) in [6.07, 6.45) is 8.18. The highest BCUT2D eigenvalue weighted by atomic mass is 15.4. The van der Waals surface area contributed by atoms with Gasteiger partial charge in [-0.05, 0) is 37.1 Å². The van der Waals surface area contributed by atoms with E-state index in [0.717, 1.165) is 16.2 Å². The smallest absolute Gasteiger partial charge is 0.108 e. The number of anilines is 2. The molecule has 1 unspecified atom stereocenters. The average molecular weight is 305 g/mol. The van der Waals surface area contributed by atoms with Crippen LogP contribution in [-0.4, -0.2) is 44.3 Å². The highest BCUT2D eigenvalue weighted by Gasteiger charge is 2.34. The lowest BCUT2D eigenvalue weighted by atomic mass is 10.1. The number of benzene rings is 1. The molecule has 1 aromatic rings. The van der Waals surface area contributed by atoms with E-state index in [1.54, 1.807) is 0 Å². The van der Waals surface area contributed by atoms with Crippen molar-refractivity contribution >= 4 is 11.4 Å². The van der Waals surface area contributed by atoms with E-state index < -0.39 is 0 Å². The van der Waals surface area contributed by atoms with Gasteiger partial charge in [-0.3, -0.25) is 0 Å². The highest BCUT2D eigenvalue weighted by Crippen LogP contribution is 2.26. The maximum absolute atomic E-state index is 5.79. The van der Waals surface area contributed by atoms with Gasteiger partial charge in [0.15, 0.2) is 0 Å². The molecule has 0 amide bonds. The maximum atomic E-state index is 5.79. The van der Waals surface area contributed by atoms with Gasteiger partial charge in [-0.25, -0.2) is 0 Å². The van der Waals surface area contributed by atoms with Gasteiger partial charge in [0.1, 0.15) is 6.04 Å². The fraction of sp³-hybridized carbons (Fsp3) is 0.684. The summed E-state index contributed by atoms with van der Waals surface area (Å²) < 4.78 is 1.16. The second-order valence-corrected chi connectivity index (χ2v) is 7.40. The lowest BCUT2D eigenvalue weighted by molar-refractivity contribution is -0.912. The Morgan fingerprint density at radius 2 is 1.77 bits per heavy atom. The molecule has 0 spiro atoms. The van der Waals surface area contributed by atoms with Gasteiger partial charge in [0, 0.05) is 24.3 Å². The SMILES string of the molecule is CCCCCCC[N+](C)(C)C1CCN(c2ccc(N)cc2)C1. The monoisotopic (exact) mass is 304 g/mol. The Kier molecular flexibility index (Phi) is 6.13. The molecule has 1 aliphatic rings. The minimum atomic E-state index is 0.753. The summed E-state index contributed by atoms with van der Waals surface area (Å²) in [5.74, 6) is 0. The zero-order valence-corrected chi connectivity index (χ0v) is 14.7. The van der Waals surface area contributed by atoms with Crippen molar-refractivity contribution in [2.45, 2.75) is 51.5 Å². The third kappa shape index (κ3) is 4.64. The maximum Gasteiger partial charge on any atom is 0.108 e. The van der Waals surface area contributed by atoms with Crippen molar-refractivity contribution in [3.63, 3.8) is 0 Å². The van der Waals surface area contributed by atoms with E-state index in [0.29, 0.717) is 0 Å². The highest BCUT2D eigenvalue weighted by molar-refractivity contribution is 5.53. The lowest BCUT2D eigenvalue weighted by Crippen LogP contribution is -2.50. The van der Waals surface area contributed by atoms with Gasteiger partial charge in [0.05, 0.1) is 27.2 Å². The summed E-state index contributed by atoms with van der Waals surface area (Å²) in [7, 11) is 4.83. The molecule has 1 fully saturated rings. The van der Waals surface area contributed by atoms with Crippen LogP contribution in [0.5, 0.6) is 0 Å². The first kappa shape index (κ1) is 17.1. The Hall–Kier alpha value is -1.22. The number of likely N-dealkylation sites (N-methyl/N-ethyl adjacent to an activating group) is 1. The summed E-state index contributed by atoms with van der Waals surface area (Å²) in [4.78, 5) is 2.52. The van der Waals surface area contributed by atoms with Crippen LogP contribution >= 0.6 is 0 Å². The lowest BCUT2D eigenvalue weighted by Gasteiger charge is -2.36. The summed E-state index contributed by atoms with van der Waals surface area (Å²) in [6, 6.07) is 9.08. The Morgan fingerprint density at radius 3 is 2.45 bits per heavy atom. The number of rotatable bonds is 8. The fourth-order valence-electron chi connectivity index (χ4n) is 3.54. The normalized spacial score (nSPS) is 18.9. The van der Waals surface area contributed by atoms with Crippen molar-refractivity contribution in [1.29, 1.82) is 0 Å². The Bertz CT molecular complexity index is 438. The first-order valence-corrected chi connectivity index (χ1v) is 8.96. The molecule has 124 valence electrons. The van der Waals surface area contributed by atoms with E-state index in [1.165, 1.54) is 63.8 Å². The Morgan fingerprint density at radius 1 is 1.09 bits per heavy atom. The van der Waals surface area contributed by atoms with E-state index in [-0.39, 0.29) is 0 Å². The summed E-state index contributed by atoms with van der Waals surface area (Å²) in [5.41, 5.74) is 7.96. The molecule has 3 nitrogen and oxygen atoms in total. The second-order valence-electron chi connectivity index (χ2n) is 7.40. The molecule has 1 aliphatic heterocycles. The van der Waals surface area contributed by atoms with Gasteiger partial charge < -0.3 is 15.1 Å². The van der Waals surface area contributed by atoms with Crippen LogP contribution in [0.15, 0.2) is 24.3 Å². The number of unbranched alkanes of at least 4 members (excludes halogenated alkanes) is 4. The van der Waals surface area contributed by atoms with Crippen LogP contribution in [0, 0.1) is 0 Å². The van der Waals surface area contributed by atoms with Crippen LogP contribution in [0.3, 0.4) is 0 Å². The average Bonchev–Trinajstić information content (AvgIpc) is 2.98. The van der Waals surface area contributed by atoms with Crippen molar-refractivity contribution in [2.24, 2.45) is 0 Å². The summed E-state index contributed by atoms with van der Waals surface area (Å²) in [6.45, 7) is 5.94. The molecule has 3 heteroatoms. The van der Waals surface area contributed by atoms with Gasteiger partial charge in [0.25, 0.3) is 0 Å². The van der Waals surface area contributed by atoms with Gasteiger partial charge in [-0.2, -0.15) is 0 Å². The van der Waals surface area contributed by atoms with E-state index in [9.17, 15) is 0 Å². The standard InChI is InChI=1S/C19H34N3/c1-4-5-6-7-8-15-22(2,3)19-13-14-21(16-19)18-11-9-17(20)10-12-18/h9-12,19H,4-8,13-16,20H2,1-3H3/q+1. The third-order valence-electron chi connectivity index (χ3n) is 5.25. The second kappa shape index (κ2) is 7.87. The van der Waals surface area contributed by atoms with Gasteiger partial charge in [0.2, 0.25) is 0 Å². The molecular weight excluding hydrogens is 270 g/mol. The molecule has 0 radical (unpaired) electrons. The van der Waals surface area contributed by atoms with Crippen LogP contribution < -0.4 is 10.6 Å². The van der Waals surface area contributed by atoms with Crippen LogP contribution in [-0.2, 0) is 0 Å². The quantitative estimate of drug-likeness (QED) is 0.448. The Labute approximate surface area is 136 Å². The molecule has 1 saturated heterocycles. The fourth-order valence-corrected chi connectivity index (χ4v) is 3.54. The minimum Gasteiger partial charge on any atom is -0.399 e. The van der Waals surface area contributed by atoms with E-state index >= 15 is 0 Å². The van der Waals surface area contributed by atoms with Gasteiger partial charge in [-0.1, -0.05) is 26.2 Å². The molecule has 0 aliphatic carbocycles. The molecular formula is C19H34N3+. The predicted molar refractivity (Wildman–Crippen MR) is 97.2 cm³/mol. The van der Waals surface area contributed by atoms with E-state index in [2.05, 4.69) is 38.1 Å². The van der Waals surface area contributed by atoms with Gasteiger partial charge in [-0.15, -0.1) is 0 Å². The zero-order chi connectivity index (χ0) is 16.0. The minimum absolute atomic E-state index is 0.753. The van der Waals surface area contributed by atoms with E-state index in [1.807, 2.05) is 12.1 Å². The van der Waals surface area contributed by atoms with Crippen LogP contribution in [0.2, 0.25) is 0 Å². The molecule has 2 rings (SSSR count). The number of nitrogens with zero attached hydrogens (tertiary/aromatic N) is 2. The van der Waals surface area contributed by atoms with Crippen molar-refractivity contribution in [1.82, 2.24) is 0 Å². The van der Waals surface area contributed by atoms with Crippen molar-refractivity contribution < 1.29 is 4.48 Å². The van der Waals surface area contributed by atoms with Crippen molar-refractivity contribution in [3.05, 3.63) is 24.3 Å². The van der Waals surface area contributed by atoms with Gasteiger partial charge >= 0.3 is 0 Å². The number of hydrogen-bond acceptors (Lipinski definition) is 2. The van der Waals surface area contributed by atoms with E-state index in [4.69, 9.17) is 5.73 Å². The number of nitrogen functional groups attached to an aromatic ring is 1. The first-order chi connectivity index (χ1) is 10.5. The number of quaternary nitrogens is 1. The molecule has 0 aromatic heterocycles. The molecule has 1 atom stereocenters. The topological polar surface area (TPSA) is 29.3 Å². The number of hydrogen-bond donors (Lipinski definition) is 1. The molecule has 2 N–H and O–H groups in total. The number of nitrogens with two attached hydrogens (primary N) is 1. The van der Waals surface area contributed by atoms with Crippen molar-refractivity contribution in [3.8, 4) is 0 Å². The third-order valence-corrected chi connectivity index (χ3v) is 5.25. The van der Waals surface area contributed by atoms with Crippen LogP contribution in [0.4, 0.5) is 11.4 Å². The summed E-state index contributed by atoms with van der Waals surface area (Å²) >= 11 is 0. The zero-order valence-electron chi connectivity index (χ0n) is 14.7. The molecule has 0 bridgehead atoms.